The lowest BCUT2D eigenvalue weighted by Crippen LogP contribution is -2.45. The average Bonchev–Trinajstić information content (AvgIpc) is 2.16. The van der Waals surface area contributed by atoms with E-state index in [0.29, 0.717) is 6.04 Å². The second kappa shape index (κ2) is 4.84. The summed E-state index contributed by atoms with van der Waals surface area (Å²) in [4.78, 5) is 0. The normalized spacial score (nSPS) is 16.1. The molecule has 0 bridgehead atoms. The van der Waals surface area contributed by atoms with Crippen LogP contribution in [0.25, 0.3) is 0 Å². The van der Waals surface area contributed by atoms with E-state index >= 15 is 0 Å². The zero-order chi connectivity index (χ0) is 10.7. The fourth-order valence-electron chi connectivity index (χ4n) is 1.49. The Morgan fingerprint density at radius 1 is 1.53 bits per heavy atom. The summed E-state index contributed by atoms with van der Waals surface area (Å²) in [6.45, 7) is 2.35. The van der Waals surface area contributed by atoms with Crippen LogP contribution in [0, 0.1) is 0 Å². The second-order valence-electron chi connectivity index (χ2n) is 3.57. The molecule has 0 unspecified atom stereocenters. The molecule has 0 radical (unpaired) electrons. The topological polar surface area (TPSA) is 30.5 Å². The Labute approximate surface area is 94.3 Å². The summed E-state index contributed by atoms with van der Waals surface area (Å²) in [6.07, 6.45) is 0. The van der Waals surface area contributed by atoms with Crippen LogP contribution < -0.4 is 10.1 Å². The van der Waals surface area contributed by atoms with E-state index < -0.39 is 0 Å². The maximum absolute atomic E-state index is 5.93. The van der Waals surface area contributed by atoms with E-state index in [1.54, 1.807) is 7.11 Å². The highest BCUT2D eigenvalue weighted by Gasteiger charge is 2.17. The van der Waals surface area contributed by atoms with E-state index in [-0.39, 0.29) is 0 Å². The molecule has 0 saturated carbocycles. The summed E-state index contributed by atoms with van der Waals surface area (Å²) in [5, 5.41) is 4.11. The Morgan fingerprint density at radius 3 is 2.93 bits per heavy atom. The monoisotopic (exact) mass is 227 g/mol. The maximum Gasteiger partial charge on any atom is 0.123 e. The van der Waals surface area contributed by atoms with E-state index in [9.17, 15) is 0 Å². The van der Waals surface area contributed by atoms with Crippen molar-refractivity contribution in [2.45, 2.75) is 12.6 Å². The SMILES string of the molecule is COc1ccc(Cl)cc1CNC1COC1. The lowest BCUT2D eigenvalue weighted by Gasteiger charge is -2.27. The molecule has 0 atom stereocenters. The zero-order valence-electron chi connectivity index (χ0n) is 8.63. The first kappa shape index (κ1) is 10.7. The summed E-state index contributed by atoms with van der Waals surface area (Å²) in [7, 11) is 1.67. The molecule has 1 aromatic carbocycles. The number of rotatable bonds is 4. The summed E-state index contributed by atoms with van der Waals surface area (Å²) < 4.78 is 10.3. The standard InChI is InChI=1S/C11H14ClNO2/c1-14-11-3-2-9(12)4-8(11)5-13-10-6-15-7-10/h2-4,10,13H,5-7H2,1H3. The van der Waals surface area contributed by atoms with Crippen molar-refractivity contribution >= 4 is 11.6 Å². The number of hydrogen-bond acceptors (Lipinski definition) is 3. The highest BCUT2D eigenvalue weighted by atomic mass is 35.5. The summed E-state index contributed by atoms with van der Waals surface area (Å²) in [5.74, 6) is 0.868. The molecule has 0 aromatic heterocycles. The van der Waals surface area contributed by atoms with Gasteiger partial charge in [-0.05, 0) is 18.2 Å². The molecular weight excluding hydrogens is 214 g/mol. The molecule has 1 N–H and O–H groups in total. The number of halogens is 1. The summed E-state index contributed by atoms with van der Waals surface area (Å²) in [6, 6.07) is 6.11. The Morgan fingerprint density at radius 2 is 2.33 bits per heavy atom. The highest BCUT2D eigenvalue weighted by Crippen LogP contribution is 2.22. The van der Waals surface area contributed by atoms with E-state index in [0.717, 1.165) is 36.1 Å². The van der Waals surface area contributed by atoms with Crippen molar-refractivity contribution in [2.24, 2.45) is 0 Å². The van der Waals surface area contributed by atoms with Crippen LogP contribution >= 0.6 is 11.6 Å². The molecule has 0 spiro atoms. The number of nitrogens with one attached hydrogen (secondary N) is 1. The number of hydrogen-bond donors (Lipinski definition) is 1. The van der Waals surface area contributed by atoms with Crippen LogP contribution in [0.5, 0.6) is 5.75 Å². The fraction of sp³-hybridized carbons (Fsp3) is 0.455. The van der Waals surface area contributed by atoms with Gasteiger partial charge in [-0.3, -0.25) is 0 Å². The molecule has 3 nitrogen and oxygen atoms in total. The van der Waals surface area contributed by atoms with Gasteiger partial charge in [0.25, 0.3) is 0 Å². The smallest absolute Gasteiger partial charge is 0.123 e. The molecule has 1 aromatic rings. The predicted octanol–water partition coefficient (Wildman–Crippen LogP) is 1.84. The summed E-state index contributed by atoms with van der Waals surface area (Å²) >= 11 is 5.93. The van der Waals surface area contributed by atoms with Crippen LogP contribution in [0.3, 0.4) is 0 Å². The zero-order valence-corrected chi connectivity index (χ0v) is 9.38. The molecule has 1 heterocycles. The van der Waals surface area contributed by atoms with Gasteiger partial charge < -0.3 is 14.8 Å². The van der Waals surface area contributed by atoms with Crippen molar-refractivity contribution in [3.8, 4) is 5.75 Å². The Kier molecular flexibility index (Phi) is 3.46. The molecule has 1 aliphatic heterocycles. The van der Waals surface area contributed by atoms with Crippen molar-refractivity contribution < 1.29 is 9.47 Å². The van der Waals surface area contributed by atoms with Gasteiger partial charge in [0.1, 0.15) is 5.75 Å². The first-order valence-corrected chi connectivity index (χ1v) is 5.31. The average molecular weight is 228 g/mol. The maximum atomic E-state index is 5.93. The van der Waals surface area contributed by atoms with Crippen molar-refractivity contribution in [1.29, 1.82) is 0 Å². The lowest BCUT2D eigenvalue weighted by molar-refractivity contribution is -0.00584. The van der Waals surface area contributed by atoms with Gasteiger partial charge in [0, 0.05) is 17.1 Å². The van der Waals surface area contributed by atoms with Crippen LogP contribution in [-0.4, -0.2) is 26.4 Å². The molecule has 82 valence electrons. The summed E-state index contributed by atoms with van der Waals surface area (Å²) in [5.41, 5.74) is 1.08. The van der Waals surface area contributed by atoms with Crippen molar-refractivity contribution in [3.63, 3.8) is 0 Å². The third kappa shape index (κ3) is 2.62. The third-order valence-corrected chi connectivity index (χ3v) is 2.70. The van der Waals surface area contributed by atoms with E-state index in [2.05, 4.69) is 5.32 Å². The molecule has 1 aliphatic rings. The molecule has 15 heavy (non-hydrogen) atoms. The largest absolute Gasteiger partial charge is 0.496 e. The number of methoxy groups -OCH3 is 1. The van der Waals surface area contributed by atoms with Crippen molar-refractivity contribution in [1.82, 2.24) is 5.32 Å². The Bertz CT molecular complexity index is 339. The van der Waals surface area contributed by atoms with Gasteiger partial charge in [-0.15, -0.1) is 0 Å². The van der Waals surface area contributed by atoms with E-state index in [4.69, 9.17) is 21.1 Å². The molecule has 1 saturated heterocycles. The highest BCUT2D eigenvalue weighted by molar-refractivity contribution is 6.30. The third-order valence-electron chi connectivity index (χ3n) is 2.46. The molecule has 1 fully saturated rings. The van der Waals surface area contributed by atoms with E-state index in [1.165, 1.54) is 0 Å². The number of ether oxygens (including phenoxy) is 2. The van der Waals surface area contributed by atoms with Crippen LogP contribution in [0.2, 0.25) is 5.02 Å². The van der Waals surface area contributed by atoms with Gasteiger partial charge >= 0.3 is 0 Å². The molecule has 2 rings (SSSR count). The molecule has 4 heteroatoms. The minimum Gasteiger partial charge on any atom is -0.496 e. The van der Waals surface area contributed by atoms with Gasteiger partial charge in [-0.1, -0.05) is 11.6 Å². The van der Waals surface area contributed by atoms with Crippen LogP contribution in [0.4, 0.5) is 0 Å². The van der Waals surface area contributed by atoms with Gasteiger partial charge in [-0.25, -0.2) is 0 Å². The van der Waals surface area contributed by atoms with Crippen molar-refractivity contribution in [2.75, 3.05) is 20.3 Å². The van der Waals surface area contributed by atoms with Crippen LogP contribution in [0.1, 0.15) is 5.56 Å². The minimum absolute atomic E-state index is 0.466. The molecular formula is C11H14ClNO2. The first-order valence-electron chi connectivity index (χ1n) is 4.93. The minimum atomic E-state index is 0.466. The molecule has 0 aliphatic carbocycles. The van der Waals surface area contributed by atoms with Gasteiger partial charge in [0.05, 0.1) is 26.4 Å². The van der Waals surface area contributed by atoms with Gasteiger partial charge in [0.15, 0.2) is 0 Å². The molecule has 0 amide bonds. The Hall–Kier alpha value is -0.770. The fourth-order valence-corrected chi connectivity index (χ4v) is 1.69. The van der Waals surface area contributed by atoms with Gasteiger partial charge in [-0.2, -0.15) is 0 Å². The van der Waals surface area contributed by atoms with Crippen molar-refractivity contribution in [3.05, 3.63) is 28.8 Å². The first-order chi connectivity index (χ1) is 7.29. The Balaban J connectivity index is 2.00. The van der Waals surface area contributed by atoms with Gasteiger partial charge in [0.2, 0.25) is 0 Å². The number of benzene rings is 1. The van der Waals surface area contributed by atoms with Crippen LogP contribution in [-0.2, 0) is 11.3 Å². The lowest BCUT2D eigenvalue weighted by atomic mass is 10.1. The van der Waals surface area contributed by atoms with Crippen LogP contribution in [0.15, 0.2) is 18.2 Å². The quantitative estimate of drug-likeness (QED) is 0.852. The second-order valence-corrected chi connectivity index (χ2v) is 4.01. The predicted molar refractivity (Wildman–Crippen MR) is 59.5 cm³/mol. The van der Waals surface area contributed by atoms with E-state index in [1.807, 2.05) is 18.2 Å².